The summed E-state index contributed by atoms with van der Waals surface area (Å²) in [6.07, 6.45) is 8.12. The number of rotatable bonds is 3. The predicted molar refractivity (Wildman–Crippen MR) is 56.6 cm³/mol. The molecule has 1 aliphatic rings. The third kappa shape index (κ3) is 3.04. The largest absolute Gasteiger partial charge is 0.342 e. The Hall–Kier alpha value is -1.01. The van der Waals surface area contributed by atoms with Crippen LogP contribution in [-0.4, -0.2) is 25.0 Å². The van der Waals surface area contributed by atoms with Crippen molar-refractivity contribution in [3.05, 3.63) is 0 Å². The first-order valence-electron chi connectivity index (χ1n) is 5.25. The Balaban J connectivity index is 2.36. The number of carbonyl (C=O) groups excluding carboxylic acids is 1. The van der Waals surface area contributed by atoms with Crippen molar-refractivity contribution in [1.29, 1.82) is 0 Å². The first-order chi connectivity index (χ1) is 6.77. The molecule has 2 atom stereocenters. The molecule has 1 fully saturated rings. The van der Waals surface area contributed by atoms with Crippen molar-refractivity contribution < 1.29 is 4.79 Å². The first kappa shape index (κ1) is 11.1. The van der Waals surface area contributed by atoms with Crippen LogP contribution in [0.5, 0.6) is 0 Å². The van der Waals surface area contributed by atoms with Crippen molar-refractivity contribution in [1.82, 2.24) is 10.6 Å². The SMILES string of the molecule is C#CC(CC)NC(=O)[C@@H]1CCCNC1. The zero-order valence-corrected chi connectivity index (χ0v) is 8.68. The van der Waals surface area contributed by atoms with E-state index < -0.39 is 0 Å². The van der Waals surface area contributed by atoms with Crippen LogP contribution in [0.1, 0.15) is 26.2 Å². The van der Waals surface area contributed by atoms with E-state index in [1.807, 2.05) is 6.92 Å². The van der Waals surface area contributed by atoms with Gasteiger partial charge in [0.25, 0.3) is 0 Å². The van der Waals surface area contributed by atoms with Crippen LogP contribution in [0, 0.1) is 18.3 Å². The lowest BCUT2D eigenvalue weighted by Gasteiger charge is -2.23. The summed E-state index contributed by atoms with van der Waals surface area (Å²) >= 11 is 0. The monoisotopic (exact) mass is 194 g/mol. The lowest BCUT2D eigenvalue weighted by Crippen LogP contribution is -2.43. The molecule has 0 aromatic rings. The van der Waals surface area contributed by atoms with E-state index in [9.17, 15) is 4.79 Å². The minimum atomic E-state index is -0.107. The lowest BCUT2D eigenvalue weighted by atomic mass is 9.98. The van der Waals surface area contributed by atoms with Gasteiger partial charge < -0.3 is 10.6 Å². The molecule has 1 heterocycles. The molecule has 0 bridgehead atoms. The predicted octanol–water partition coefficient (Wildman–Crippen LogP) is 0.514. The molecular formula is C11H18N2O. The van der Waals surface area contributed by atoms with Gasteiger partial charge in [-0.3, -0.25) is 4.79 Å². The smallest absolute Gasteiger partial charge is 0.225 e. The molecule has 0 aliphatic carbocycles. The summed E-state index contributed by atoms with van der Waals surface area (Å²) in [4.78, 5) is 11.7. The number of nitrogens with one attached hydrogen (secondary N) is 2. The second-order valence-corrected chi connectivity index (χ2v) is 3.68. The van der Waals surface area contributed by atoms with E-state index in [4.69, 9.17) is 6.42 Å². The molecule has 3 nitrogen and oxygen atoms in total. The molecule has 0 aromatic heterocycles. The fraction of sp³-hybridized carbons (Fsp3) is 0.727. The zero-order chi connectivity index (χ0) is 10.4. The summed E-state index contributed by atoms with van der Waals surface area (Å²) in [5, 5.41) is 6.08. The highest BCUT2D eigenvalue weighted by Crippen LogP contribution is 2.10. The molecular weight excluding hydrogens is 176 g/mol. The highest BCUT2D eigenvalue weighted by atomic mass is 16.1. The van der Waals surface area contributed by atoms with Gasteiger partial charge in [-0.1, -0.05) is 12.8 Å². The number of hydrogen-bond donors (Lipinski definition) is 2. The van der Waals surface area contributed by atoms with Gasteiger partial charge in [0.2, 0.25) is 5.91 Å². The molecule has 1 unspecified atom stereocenters. The van der Waals surface area contributed by atoms with E-state index >= 15 is 0 Å². The van der Waals surface area contributed by atoms with Crippen LogP contribution in [0.2, 0.25) is 0 Å². The van der Waals surface area contributed by atoms with Gasteiger partial charge in [0, 0.05) is 6.54 Å². The van der Waals surface area contributed by atoms with E-state index in [-0.39, 0.29) is 17.9 Å². The molecule has 0 aromatic carbocycles. The van der Waals surface area contributed by atoms with Crippen LogP contribution >= 0.6 is 0 Å². The second-order valence-electron chi connectivity index (χ2n) is 3.68. The van der Waals surface area contributed by atoms with Crippen molar-refractivity contribution in [3.63, 3.8) is 0 Å². The minimum absolute atomic E-state index is 0.0991. The number of terminal acetylenes is 1. The maximum absolute atomic E-state index is 11.7. The third-order valence-electron chi connectivity index (χ3n) is 2.59. The van der Waals surface area contributed by atoms with Gasteiger partial charge in [0.15, 0.2) is 0 Å². The van der Waals surface area contributed by atoms with Crippen LogP contribution in [0.3, 0.4) is 0 Å². The van der Waals surface area contributed by atoms with Crippen molar-refractivity contribution in [2.45, 2.75) is 32.2 Å². The molecule has 0 spiro atoms. The first-order valence-corrected chi connectivity index (χ1v) is 5.25. The molecule has 0 saturated carbocycles. The van der Waals surface area contributed by atoms with Gasteiger partial charge in [-0.15, -0.1) is 6.42 Å². The molecule has 14 heavy (non-hydrogen) atoms. The summed E-state index contributed by atoms with van der Waals surface area (Å²) in [6.45, 7) is 3.78. The number of piperidine rings is 1. The van der Waals surface area contributed by atoms with Crippen LogP contribution in [0.25, 0.3) is 0 Å². The van der Waals surface area contributed by atoms with Crippen molar-refractivity contribution in [2.24, 2.45) is 5.92 Å². The maximum Gasteiger partial charge on any atom is 0.225 e. The summed E-state index contributed by atoms with van der Waals surface area (Å²) in [6, 6.07) is -0.107. The van der Waals surface area contributed by atoms with Crippen molar-refractivity contribution >= 4 is 5.91 Å². The molecule has 3 heteroatoms. The van der Waals surface area contributed by atoms with Crippen molar-refractivity contribution in [2.75, 3.05) is 13.1 Å². The maximum atomic E-state index is 11.7. The molecule has 1 saturated heterocycles. The Labute approximate surface area is 85.6 Å². The quantitative estimate of drug-likeness (QED) is 0.643. The normalized spacial score (nSPS) is 23.6. The van der Waals surface area contributed by atoms with Crippen LogP contribution < -0.4 is 10.6 Å². The number of amides is 1. The Morgan fingerprint density at radius 1 is 1.79 bits per heavy atom. The Morgan fingerprint density at radius 3 is 3.07 bits per heavy atom. The van der Waals surface area contributed by atoms with E-state index in [0.717, 1.165) is 32.4 Å². The van der Waals surface area contributed by atoms with E-state index in [1.165, 1.54) is 0 Å². The molecule has 1 rings (SSSR count). The van der Waals surface area contributed by atoms with Gasteiger partial charge in [0.1, 0.15) is 0 Å². The van der Waals surface area contributed by atoms with Gasteiger partial charge in [0.05, 0.1) is 12.0 Å². The molecule has 2 N–H and O–H groups in total. The fourth-order valence-corrected chi connectivity index (χ4v) is 1.63. The van der Waals surface area contributed by atoms with Gasteiger partial charge >= 0.3 is 0 Å². The topological polar surface area (TPSA) is 41.1 Å². The van der Waals surface area contributed by atoms with E-state index in [2.05, 4.69) is 16.6 Å². The molecule has 1 aliphatic heterocycles. The molecule has 0 radical (unpaired) electrons. The second kappa shape index (κ2) is 5.66. The van der Waals surface area contributed by atoms with E-state index in [0.29, 0.717) is 0 Å². The van der Waals surface area contributed by atoms with Crippen LogP contribution in [0.15, 0.2) is 0 Å². The summed E-state index contributed by atoms with van der Waals surface area (Å²) < 4.78 is 0. The lowest BCUT2D eigenvalue weighted by molar-refractivity contribution is -0.125. The van der Waals surface area contributed by atoms with Crippen LogP contribution in [0.4, 0.5) is 0 Å². The third-order valence-corrected chi connectivity index (χ3v) is 2.59. The summed E-state index contributed by atoms with van der Waals surface area (Å²) in [5.41, 5.74) is 0. The highest BCUT2D eigenvalue weighted by Gasteiger charge is 2.21. The molecule has 78 valence electrons. The minimum Gasteiger partial charge on any atom is -0.342 e. The van der Waals surface area contributed by atoms with Crippen molar-refractivity contribution in [3.8, 4) is 12.3 Å². The Kier molecular flexibility index (Phi) is 4.48. The fourth-order valence-electron chi connectivity index (χ4n) is 1.63. The average Bonchev–Trinajstić information content (AvgIpc) is 2.26. The average molecular weight is 194 g/mol. The van der Waals surface area contributed by atoms with Gasteiger partial charge in [-0.25, -0.2) is 0 Å². The van der Waals surface area contributed by atoms with Crippen LogP contribution in [-0.2, 0) is 4.79 Å². The van der Waals surface area contributed by atoms with Gasteiger partial charge in [-0.05, 0) is 25.8 Å². The highest BCUT2D eigenvalue weighted by molar-refractivity contribution is 5.79. The number of hydrogen-bond acceptors (Lipinski definition) is 2. The Morgan fingerprint density at radius 2 is 2.57 bits per heavy atom. The zero-order valence-electron chi connectivity index (χ0n) is 8.68. The number of carbonyl (C=O) groups is 1. The standard InChI is InChI=1S/C11H18N2O/c1-3-10(4-2)13-11(14)9-6-5-7-12-8-9/h1,9-10,12H,4-8H2,2H3,(H,13,14)/t9-,10?/m1/s1. The molecule has 1 amide bonds. The van der Waals surface area contributed by atoms with E-state index in [1.54, 1.807) is 0 Å². The summed E-state index contributed by atoms with van der Waals surface area (Å²) in [5.74, 6) is 2.77. The Bertz CT molecular complexity index is 226. The summed E-state index contributed by atoms with van der Waals surface area (Å²) in [7, 11) is 0. The van der Waals surface area contributed by atoms with Gasteiger partial charge in [-0.2, -0.15) is 0 Å².